The molecule has 1 atom stereocenters. The summed E-state index contributed by atoms with van der Waals surface area (Å²) in [6.07, 6.45) is 1.46. The number of alkyl carbamates (subject to hydrolysis) is 1. The number of ether oxygens (including phenoxy) is 1. The van der Waals surface area contributed by atoms with Gasteiger partial charge < -0.3 is 10.1 Å². The molecule has 0 bridgehead atoms. The quantitative estimate of drug-likeness (QED) is 0.778. The lowest BCUT2D eigenvalue weighted by atomic mass is 9.85. The molecule has 0 saturated heterocycles. The Labute approximate surface area is 90.4 Å². The molecule has 0 radical (unpaired) electrons. The van der Waals surface area contributed by atoms with Gasteiger partial charge in [0.1, 0.15) is 6.10 Å². The molecule has 0 aromatic carbocycles. The summed E-state index contributed by atoms with van der Waals surface area (Å²) in [6, 6.07) is -0.483. The van der Waals surface area contributed by atoms with E-state index in [1.54, 1.807) is 0 Å². The maximum absolute atomic E-state index is 11.4. The second-order valence-corrected chi connectivity index (χ2v) is 5.16. The van der Waals surface area contributed by atoms with Gasteiger partial charge in [0, 0.05) is 0 Å². The van der Waals surface area contributed by atoms with Crippen LogP contribution in [-0.4, -0.2) is 24.0 Å². The fourth-order valence-corrected chi connectivity index (χ4v) is 1.42. The minimum Gasteiger partial charge on any atom is -0.446 e. The summed E-state index contributed by atoms with van der Waals surface area (Å²) in [7, 11) is 0. The highest BCUT2D eigenvalue weighted by Crippen LogP contribution is 2.24. The van der Waals surface area contributed by atoms with Crippen LogP contribution < -0.4 is 5.32 Å². The molecule has 86 valence electrons. The first kappa shape index (κ1) is 12.0. The number of carbonyl (C=O) groups is 2. The monoisotopic (exact) mass is 213 g/mol. The van der Waals surface area contributed by atoms with Crippen LogP contribution in [0.15, 0.2) is 0 Å². The zero-order chi connectivity index (χ0) is 11.6. The summed E-state index contributed by atoms with van der Waals surface area (Å²) in [5.41, 5.74) is -0.283. The number of hydrogen-bond donors (Lipinski definition) is 1. The van der Waals surface area contributed by atoms with Crippen molar-refractivity contribution in [1.29, 1.82) is 0 Å². The molecule has 1 N–H and O–H groups in total. The molecule has 1 fully saturated rings. The number of rotatable bonds is 3. The molecule has 4 nitrogen and oxygen atoms in total. The zero-order valence-electron chi connectivity index (χ0n) is 9.79. The van der Waals surface area contributed by atoms with Crippen molar-refractivity contribution in [2.24, 2.45) is 5.41 Å². The molecule has 0 spiro atoms. The van der Waals surface area contributed by atoms with E-state index in [9.17, 15) is 9.59 Å². The van der Waals surface area contributed by atoms with Crippen molar-refractivity contribution in [2.75, 3.05) is 0 Å². The predicted molar refractivity (Wildman–Crippen MR) is 56.6 cm³/mol. The van der Waals surface area contributed by atoms with Gasteiger partial charge in [-0.1, -0.05) is 20.8 Å². The van der Waals surface area contributed by atoms with Gasteiger partial charge in [0.2, 0.25) is 0 Å². The summed E-state index contributed by atoms with van der Waals surface area (Å²) in [5.74, 6) is -0.0461. The Morgan fingerprint density at radius 3 is 2.20 bits per heavy atom. The number of Topliss-reactive ketones (excluding diaryl/α,β-unsaturated/α-hetero) is 1. The molecule has 0 aromatic rings. The third-order valence-electron chi connectivity index (χ3n) is 2.33. The van der Waals surface area contributed by atoms with E-state index in [1.807, 2.05) is 20.8 Å². The molecular weight excluding hydrogens is 194 g/mol. The standard InChI is InChI=1S/C11H19NO3/c1-7(13)9(11(2,3)4)12-10(14)15-8-5-6-8/h8-9H,5-6H2,1-4H3,(H,12,14)/t9-/m1/s1. The lowest BCUT2D eigenvalue weighted by Gasteiger charge is -2.28. The Morgan fingerprint density at radius 1 is 1.33 bits per heavy atom. The van der Waals surface area contributed by atoms with E-state index in [2.05, 4.69) is 5.32 Å². The van der Waals surface area contributed by atoms with Gasteiger partial charge in [0.25, 0.3) is 0 Å². The largest absolute Gasteiger partial charge is 0.446 e. The van der Waals surface area contributed by atoms with Crippen LogP contribution in [0.4, 0.5) is 4.79 Å². The fraction of sp³-hybridized carbons (Fsp3) is 0.818. The van der Waals surface area contributed by atoms with Crippen molar-refractivity contribution in [3.8, 4) is 0 Å². The third-order valence-corrected chi connectivity index (χ3v) is 2.33. The highest BCUT2D eigenvalue weighted by atomic mass is 16.6. The minimum absolute atomic E-state index is 0.0461. The maximum atomic E-state index is 11.4. The summed E-state index contributed by atoms with van der Waals surface area (Å²) in [5, 5.41) is 2.62. The van der Waals surface area contributed by atoms with E-state index < -0.39 is 12.1 Å². The Kier molecular flexibility index (Phi) is 3.37. The highest BCUT2D eigenvalue weighted by Gasteiger charge is 2.32. The van der Waals surface area contributed by atoms with Crippen LogP contribution in [0.1, 0.15) is 40.5 Å². The van der Waals surface area contributed by atoms with Crippen molar-refractivity contribution >= 4 is 11.9 Å². The van der Waals surface area contributed by atoms with Crippen molar-refractivity contribution in [3.05, 3.63) is 0 Å². The number of carbonyl (C=O) groups excluding carboxylic acids is 2. The molecule has 0 heterocycles. The molecule has 0 unspecified atom stereocenters. The molecule has 1 aliphatic rings. The van der Waals surface area contributed by atoms with Crippen LogP contribution in [0, 0.1) is 5.41 Å². The molecular formula is C11H19NO3. The van der Waals surface area contributed by atoms with Crippen LogP contribution in [-0.2, 0) is 9.53 Å². The molecule has 0 aromatic heterocycles. The van der Waals surface area contributed by atoms with Gasteiger partial charge in [-0.05, 0) is 25.2 Å². The lowest BCUT2D eigenvalue weighted by Crippen LogP contribution is -2.48. The van der Waals surface area contributed by atoms with Crippen LogP contribution in [0.3, 0.4) is 0 Å². The van der Waals surface area contributed by atoms with Crippen molar-refractivity contribution in [3.63, 3.8) is 0 Å². The van der Waals surface area contributed by atoms with Crippen LogP contribution >= 0.6 is 0 Å². The topological polar surface area (TPSA) is 55.4 Å². The van der Waals surface area contributed by atoms with Crippen molar-refractivity contribution in [1.82, 2.24) is 5.32 Å². The first-order valence-corrected chi connectivity index (χ1v) is 5.28. The average Bonchev–Trinajstić information content (AvgIpc) is 2.81. The van der Waals surface area contributed by atoms with Gasteiger partial charge in [-0.15, -0.1) is 0 Å². The predicted octanol–water partition coefficient (Wildman–Crippen LogP) is 1.88. The molecule has 15 heavy (non-hydrogen) atoms. The van der Waals surface area contributed by atoms with Crippen molar-refractivity contribution < 1.29 is 14.3 Å². The smallest absolute Gasteiger partial charge is 0.408 e. The zero-order valence-corrected chi connectivity index (χ0v) is 9.79. The first-order valence-electron chi connectivity index (χ1n) is 5.28. The van der Waals surface area contributed by atoms with Gasteiger partial charge in [-0.3, -0.25) is 4.79 Å². The van der Waals surface area contributed by atoms with E-state index in [-0.39, 0.29) is 17.3 Å². The van der Waals surface area contributed by atoms with Gasteiger partial charge in [0.15, 0.2) is 5.78 Å². The van der Waals surface area contributed by atoms with Gasteiger partial charge >= 0.3 is 6.09 Å². The Hall–Kier alpha value is -1.06. The highest BCUT2D eigenvalue weighted by molar-refractivity contribution is 5.86. The second-order valence-electron chi connectivity index (χ2n) is 5.16. The minimum atomic E-state index is -0.483. The van der Waals surface area contributed by atoms with Crippen LogP contribution in [0.2, 0.25) is 0 Å². The first-order chi connectivity index (χ1) is 6.80. The summed E-state index contributed by atoms with van der Waals surface area (Å²) < 4.78 is 5.03. The average molecular weight is 213 g/mol. The molecule has 1 rings (SSSR count). The van der Waals surface area contributed by atoms with Crippen molar-refractivity contribution in [2.45, 2.75) is 52.7 Å². The Balaban J connectivity index is 2.49. The van der Waals surface area contributed by atoms with E-state index in [4.69, 9.17) is 4.74 Å². The van der Waals surface area contributed by atoms with E-state index in [0.29, 0.717) is 0 Å². The van der Waals surface area contributed by atoms with Gasteiger partial charge in [0.05, 0.1) is 6.04 Å². The summed E-state index contributed by atoms with van der Waals surface area (Å²) >= 11 is 0. The van der Waals surface area contributed by atoms with E-state index >= 15 is 0 Å². The Morgan fingerprint density at radius 2 is 1.87 bits per heavy atom. The normalized spacial score (nSPS) is 18.1. The molecule has 1 aliphatic carbocycles. The third kappa shape index (κ3) is 3.90. The van der Waals surface area contributed by atoms with Gasteiger partial charge in [-0.25, -0.2) is 4.79 Å². The molecule has 0 aliphatic heterocycles. The van der Waals surface area contributed by atoms with Gasteiger partial charge in [-0.2, -0.15) is 0 Å². The Bertz CT molecular complexity index is 263. The number of amides is 1. The van der Waals surface area contributed by atoms with E-state index in [0.717, 1.165) is 12.8 Å². The molecule has 1 saturated carbocycles. The number of hydrogen-bond acceptors (Lipinski definition) is 3. The SMILES string of the molecule is CC(=O)[C@@H](NC(=O)OC1CC1)C(C)(C)C. The second kappa shape index (κ2) is 4.21. The summed E-state index contributed by atoms with van der Waals surface area (Å²) in [6.45, 7) is 7.22. The summed E-state index contributed by atoms with van der Waals surface area (Å²) in [4.78, 5) is 22.7. The van der Waals surface area contributed by atoms with Crippen LogP contribution in [0.5, 0.6) is 0 Å². The lowest BCUT2D eigenvalue weighted by molar-refractivity contribution is -0.121. The number of ketones is 1. The van der Waals surface area contributed by atoms with Crippen LogP contribution in [0.25, 0.3) is 0 Å². The fourth-order valence-electron chi connectivity index (χ4n) is 1.42. The number of nitrogens with one attached hydrogen (secondary N) is 1. The maximum Gasteiger partial charge on any atom is 0.408 e. The molecule has 4 heteroatoms. The molecule has 1 amide bonds. The van der Waals surface area contributed by atoms with E-state index in [1.165, 1.54) is 6.92 Å².